The topological polar surface area (TPSA) is 46.9 Å². The maximum atomic E-state index is 11.8. The molecular weight excluding hydrogens is 190 g/mol. The van der Waals surface area contributed by atoms with E-state index >= 15 is 0 Å². The van der Waals surface area contributed by atoms with Crippen molar-refractivity contribution < 1.29 is 0 Å². The summed E-state index contributed by atoms with van der Waals surface area (Å²) < 4.78 is 1.71. The van der Waals surface area contributed by atoms with Crippen LogP contribution in [-0.2, 0) is 5.41 Å². The molecule has 15 heavy (non-hydrogen) atoms. The van der Waals surface area contributed by atoms with Crippen molar-refractivity contribution in [3.05, 3.63) is 28.4 Å². The zero-order valence-electron chi connectivity index (χ0n) is 9.45. The Morgan fingerprint density at radius 3 is 2.53 bits per heavy atom. The van der Waals surface area contributed by atoms with Gasteiger partial charge in [0.05, 0.1) is 18.1 Å². The highest BCUT2D eigenvalue weighted by Crippen LogP contribution is 2.18. The van der Waals surface area contributed by atoms with Crippen molar-refractivity contribution in [1.29, 1.82) is 0 Å². The smallest absolute Gasteiger partial charge is 0.253 e. The van der Waals surface area contributed by atoms with Crippen molar-refractivity contribution in [3.63, 3.8) is 0 Å². The second-order valence-electron chi connectivity index (χ2n) is 5.08. The van der Waals surface area contributed by atoms with Crippen LogP contribution in [0.4, 0.5) is 0 Å². The molecule has 0 radical (unpaired) electrons. The van der Waals surface area contributed by atoms with Gasteiger partial charge in [0.15, 0.2) is 0 Å². The summed E-state index contributed by atoms with van der Waals surface area (Å²) in [7, 11) is 0. The van der Waals surface area contributed by atoms with E-state index < -0.39 is 0 Å². The summed E-state index contributed by atoms with van der Waals surface area (Å²) >= 11 is 0. The van der Waals surface area contributed by atoms with E-state index in [1.165, 1.54) is 0 Å². The van der Waals surface area contributed by atoms with Gasteiger partial charge in [0.2, 0.25) is 0 Å². The molecule has 0 bridgehead atoms. The lowest BCUT2D eigenvalue weighted by atomic mass is 9.92. The number of rotatable bonds is 1. The lowest BCUT2D eigenvalue weighted by Crippen LogP contribution is -2.47. The zero-order valence-corrected chi connectivity index (χ0v) is 9.45. The summed E-state index contributed by atoms with van der Waals surface area (Å²) in [6.45, 7) is 7.92. The lowest BCUT2D eigenvalue weighted by molar-refractivity contribution is 0.331. The quantitative estimate of drug-likeness (QED) is 0.737. The summed E-state index contributed by atoms with van der Waals surface area (Å²) in [6, 6.07) is 1.94. The standard InChI is InChI=1S/C11H17N3O/c1-11(2,3)9-4-10(15)14(7-13-9)8-5-12-6-8/h4,7-8,12H,5-6H2,1-3H3. The van der Waals surface area contributed by atoms with Crippen LogP contribution in [0.25, 0.3) is 0 Å². The van der Waals surface area contributed by atoms with Gasteiger partial charge in [-0.25, -0.2) is 4.98 Å². The number of hydrogen-bond donors (Lipinski definition) is 1. The Hall–Kier alpha value is -1.16. The molecule has 1 aliphatic rings. The first kappa shape index (κ1) is 10.4. The van der Waals surface area contributed by atoms with Crippen LogP contribution in [0.2, 0.25) is 0 Å². The summed E-state index contributed by atoms with van der Waals surface area (Å²) in [4.78, 5) is 16.2. The third kappa shape index (κ3) is 1.95. The molecule has 0 amide bonds. The van der Waals surface area contributed by atoms with Crippen molar-refractivity contribution in [2.24, 2.45) is 0 Å². The van der Waals surface area contributed by atoms with E-state index in [1.807, 2.05) is 0 Å². The Labute approximate surface area is 89.3 Å². The number of nitrogens with one attached hydrogen (secondary N) is 1. The maximum Gasteiger partial charge on any atom is 0.253 e. The molecule has 1 aromatic rings. The van der Waals surface area contributed by atoms with Crippen molar-refractivity contribution >= 4 is 0 Å². The average Bonchev–Trinajstić information content (AvgIpc) is 2.03. The Bertz CT molecular complexity index is 413. The third-order valence-electron chi connectivity index (χ3n) is 2.76. The lowest BCUT2D eigenvalue weighted by Gasteiger charge is -2.29. The van der Waals surface area contributed by atoms with E-state index in [0.29, 0.717) is 6.04 Å². The molecule has 0 atom stereocenters. The first-order chi connectivity index (χ1) is 6.98. The Morgan fingerprint density at radius 1 is 1.47 bits per heavy atom. The summed E-state index contributed by atoms with van der Waals surface area (Å²) in [5, 5.41) is 3.14. The van der Waals surface area contributed by atoms with Gasteiger partial charge in [-0.1, -0.05) is 20.8 Å². The molecule has 1 aromatic heterocycles. The van der Waals surface area contributed by atoms with Gasteiger partial charge in [0.1, 0.15) is 0 Å². The SMILES string of the molecule is CC(C)(C)c1cc(=O)n(C2CNC2)cn1. The number of hydrogen-bond acceptors (Lipinski definition) is 3. The molecule has 0 spiro atoms. The van der Waals surface area contributed by atoms with E-state index in [4.69, 9.17) is 0 Å². The number of nitrogens with zero attached hydrogens (tertiary/aromatic N) is 2. The molecule has 1 fully saturated rings. The molecule has 82 valence electrons. The zero-order chi connectivity index (χ0) is 11.1. The van der Waals surface area contributed by atoms with Crippen LogP contribution >= 0.6 is 0 Å². The molecule has 1 N–H and O–H groups in total. The van der Waals surface area contributed by atoms with Gasteiger partial charge in [-0.2, -0.15) is 0 Å². The largest absolute Gasteiger partial charge is 0.313 e. The van der Waals surface area contributed by atoms with Gasteiger partial charge in [-0.15, -0.1) is 0 Å². The molecule has 1 saturated heterocycles. The molecule has 4 heteroatoms. The van der Waals surface area contributed by atoms with Crippen molar-refractivity contribution in [2.75, 3.05) is 13.1 Å². The fraction of sp³-hybridized carbons (Fsp3) is 0.636. The van der Waals surface area contributed by atoms with Gasteiger partial charge in [-0.3, -0.25) is 9.36 Å². The highest BCUT2D eigenvalue weighted by atomic mass is 16.1. The summed E-state index contributed by atoms with van der Waals surface area (Å²) in [6.07, 6.45) is 1.68. The molecule has 0 aliphatic carbocycles. The van der Waals surface area contributed by atoms with Gasteiger partial charge >= 0.3 is 0 Å². The van der Waals surface area contributed by atoms with Gasteiger partial charge in [-0.05, 0) is 0 Å². The molecule has 4 nitrogen and oxygen atoms in total. The summed E-state index contributed by atoms with van der Waals surface area (Å²) in [5.74, 6) is 0. The van der Waals surface area contributed by atoms with Gasteiger partial charge in [0.25, 0.3) is 5.56 Å². The first-order valence-electron chi connectivity index (χ1n) is 5.28. The monoisotopic (exact) mass is 207 g/mol. The molecule has 1 aliphatic heterocycles. The molecule has 0 aromatic carbocycles. The highest BCUT2D eigenvalue weighted by Gasteiger charge is 2.22. The highest BCUT2D eigenvalue weighted by molar-refractivity contribution is 5.11. The normalized spacial score (nSPS) is 17.5. The fourth-order valence-corrected chi connectivity index (χ4v) is 1.56. The van der Waals surface area contributed by atoms with Crippen LogP contribution in [0.3, 0.4) is 0 Å². The van der Waals surface area contributed by atoms with Crippen LogP contribution in [-0.4, -0.2) is 22.6 Å². The van der Waals surface area contributed by atoms with E-state index in [0.717, 1.165) is 18.8 Å². The first-order valence-corrected chi connectivity index (χ1v) is 5.28. The van der Waals surface area contributed by atoms with Gasteiger partial charge < -0.3 is 5.32 Å². The average molecular weight is 207 g/mol. The molecule has 2 heterocycles. The van der Waals surface area contributed by atoms with Crippen LogP contribution in [0.5, 0.6) is 0 Å². The van der Waals surface area contributed by atoms with Crippen LogP contribution in [0.1, 0.15) is 32.5 Å². The van der Waals surface area contributed by atoms with Crippen molar-refractivity contribution in [3.8, 4) is 0 Å². The minimum atomic E-state index is -0.0594. The maximum absolute atomic E-state index is 11.8. The predicted molar refractivity (Wildman–Crippen MR) is 59.1 cm³/mol. The van der Waals surface area contributed by atoms with Crippen LogP contribution < -0.4 is 10.9 Å². The predicted octanol–water partition coefficient (Wildman–Crippen LogP) is 0.685. The fourth-order valence-electron chi connectivity index (χ4n) is 1.56. The number of aromatic nitrogens is 2. The minimum absolute atomic E-state index is 0.0569. The summed E-state index contributed by atoms with van der Waals surface area (Å²) in [5.41, 5.74) is 0.855. The van der Waals surface area contributed by atoms with E-state index in [2.05, 4.69) is 31.1 Å². The van der Waals surface area contributed by atoms with Crippen molar-refractivity contribution in [1.82, 2.24) is 14.9 Å². The Balaban J connectivity index is 2.35. The molecular formula is C11H17N3O. The second-order valence-corrected chi connectivity index (χ2v) is 5.08. The Kier molecular flexibility index (Phi) is 2.38. The van der Waals surface area contributed by atoms with Gasteiger partial charge in [0, 0.05) is 24.6 Å². The van der Waals surface area contributed by atoms with E-state index in [9.17, 15) is 4.79 Å². The third-order valence-corrected chi connectivity index (χ3v) is 2.76. The van der Waals surface area contributed by atoms with Crippen LogP contribution in [0, 0.1) is 0 Å². The minimum Gasteiger partial charge on any atom is -0.313 e. The molecule has 2 rings (SSSR count). The molecule has 0 saturated carbocycles. The Morgan fingerprint density at radius 2 is 2.13 bits per heavy atom. The van der Waals surface area contributed by atoms with Crippen LogP contribution in [0.15, 0.2) is 17.2 Å². The van der Waals surface area contributed by atoms with Crippen molar-refractivity contribution in [2.45, 2.75) is 32.2 Å². The van der Waals surface area contributed by atoms with E-state index in [1.54, 1.807) is 17.0 Å². The second kappa shape index (κ2) is 3.45. The molecule has 0 unspecified atom stereocenters. The van der Waals surface area contributed by atoms with E-state index in [-0.39, 0.29) is 11.0 Å².